The molecule has 0 bridgehead atoms. The molecule has 0 atom stereocenters. The van der Waals surface area contributed by atoms with Crippen molar-refractivity contribution in [2.75, 3.05) is 0 Å². The number of hydrogen-bond donors (Lipinski definition) is 1. The van der Waals surface area contributed by atoms with Crippen LogP contribution in [0.15, 0.2) is 53.6 Å². The van der Waals surface area contributed by atoms with E-state index in [1.807, 2.05) is 19.9 Å². The van der Waals surface area contributed by atoms with Crippen molar-refractivity contribution in [1.82, 2.24) is 9.97 Å². The lowest BCUT2D eigenvalue weighted by atomic mass is 9.99. The molecule has 0 aliphatic carbocycles. The van der Waals surface area contributed by atoms with Crippen molar-refractivity contribution in [2.24, 2.45) is 0 Å². The van der Waals surface area contributed by atoms with Crippen LogP contribution in [-0.2, 0) is 12.8 Å². The molecule has 2 heterocycles. The molecule has 30 heavy (non-hydrogen) atoms. The van der Waals surface area contributed by atoms with Gasteiger partial charge in [-0.15, -0.1) is 0 Å². The molecule has 0 saturated heterocycles. The average Bonchev–Trinajstić information content (AvgIpc) is 2.74. The van der Waals surface area contributed by atoms with E-state index >= 15 is 0 Å². The molecule has 0 amide bonds. The van der Waals surface area contributed by atoms with Gasteiger partial charge in [-0.2, -0.15) is 0 Å². The van der Waals surface area contributed by atoms with Crippen molar-refractivity contribution in [2.45, 2.75) is 39.5 Å². The first-order valence-electron chi connectivity index (χ1n) is 9.83. The van der Waals surface area contributed by atoms with Gasteiger partial charge in [0.2, 0.25) is 0 Å². The van der Waals surface area contributed by atoms with E-state index in [0.717, 1.165) is 22.4 Å². The van der Waals surface area contributed by atoms with Gasteiger partial charge in [0.15, 0.2) is 5.78 Å². The van der Waals surface area contributed by atoms with E-state index in [9.17, 15) is 19.7 Å². The van der Waals surface area contributed by atoms with Gasteiger partial charge in [0.05, 0.1) is 4.92 Å². The zero-order valence-electron chi connectivity index (χ0n) is 17.0. The van der Waals surface area contributed by atoms with Gasteiger partial charge in [-0.25, -0.2) is 0 Å². The van der Waals surface area contributed by atoms with E-state index in [1.165, 1.54) is 12.1 Å². The number of ketones is 1. The van der Waals surface area contributed by atoms with Crippen LogP contribution in [0, 0.1) is 17.0 Å². The van der Waals surface area contributed by atoms with Crippen LogP contribution in [0.4, 0.5) is 5.69 Å². The third kappa shape index (κ3) is 4.86. The number of carbonyl (C=O) groups is 1. The molecule has 1 aromatic carbocycles. The van der Waals surface area contributed by atoms with Crippen LogP contribution in [0.25, 0.3) is 11.1 Å². The monoisotopic (exact) mass is 405 g/mol. The van der Waals surface area contributed by atoms with Gasteiger partial charge in [0.1, 0.15) is 0 Å². The Balaban J connectivity index is 1.69. The number of carbonyl (C=O) groups excluding carboxylic acids is 1. The number of aromatic amines is 1. The quantitative estimate of drug-likeness (QED) is 0.339. The fourth-order valence-corrected chi connectivity index (χ4v) is 3.35. The number of nitrogens with zero attached hydrogens (tertiary/aromatic N) is 2. The zero-order valence-corrected chi connectivity index (χ0v) is 17.0. The summed E-state index contributed by atoms with van der Waals surface area (Å²) < 4.78 is 0. The molecule has 3 rings (SSSR count). The predicted molar refractivity (Wildman–Crippen MR) is 115 cm³/mol. The Bertz CT molecular complexity index is 1130. The summed E-state index contributed by atoms with van der Waals surface area (Å²) in [7, 11) is 0. The molecule has 0 radical (unpaired) electrons. The third-order valence-electron chi connectivity index (χ3n) is 5.08. The number of Topliss-reactive ketones (excluding diaryl/α,β-unsaturated/α-hetero) is 1. The Kier molecular flexibility index (Phi) is 6.51. The minimum Gasteiger partial charge on any atom is -0.326 e. The minimum absolute atomic E-state index is 0.0101. The highest BCUT2D eigenvalue weighted by molar-refractivity contribution is 5.96. The number of nitrogens with one attached hydrogen (secondary N) is 1. The molecule has 3 aromatic rings. The molecule has 1 N–H and O–H groups in total. The van der Waals surface area contributed by atoms with Crippen molar-refractivity contribution >= 4 is 11.5 Å². The Labute approximate surface area is 174 Å². The topological polar surface area (TPSA) is 106 Å². The fraction of sp³-hybridized carbons (Fsp3) is 0.261. The maximum atomic E-state index is 12.6. The van der Waals surface area contributed by atoms with E-state index in [-0.39, 0.29) is 17.0 Å². The summed E-state index contributed by atoms with van der Waals surface area (Å²) in [6.07, 6.45) is 5.52. The van der Waals surface area contributed by atoms with E-state index in [2.05, 4.69) is 9.97 Å². The first kappa shape index (κ1) is 21.1. The average molecular weight is 405 g/mol. The van der Waals surface area contributed by atoms with Gasteiger partial charge in [-0.1, -0.05) is 19.1 Å². The first-order chi connectivity index (χ1) is 14.4. The lowest BCUT2D eigenvalue weighted by Crippen LogP contribution is -2.13. The smallest absolute Gasteiger partial charge is 0.269 e. The predicted octanol–water partition coefficient (Wildman–Crippen LogP) is 4.42. The molecule has 7 heteroatoms. The van der Waals surface area contributed by atoms with E-state index < -0.39 is 4.92 Å². The summed E-state index contributed by atoms with van der Waals surface area (Å²) in [5, 5.41) is 10.7. The standard InChI is InChI=1S/C23H23N3O4/c1-3-17-12-21(15(2)25-23(17)28)18-11-19(14-24-13-18)22(27)6-4-5-16-7-9-20(10-8-16)26(29)30/h7-14H,3-6H2,1-2H3,(H,25,28). The lowest BCUT2D eigenvalue weighted by molar-refractivity contribution is -0.384. The highest BCUT2D eigenvalue weighted by atomic mass is 16.6. The maximum Gasteiger partial charge on any atom is 0.269 e. The van der Waals surface area contributed by atoms with Crippen LogP contribution in [0.1, 0.15) is 46.9 Å². The molecular formula is C23H23N3O4. The molecule has 0 aliphatic heterocycles. The van der Waals surface area contributed by atoms with Gasteiger partial charge in [0.25, 0.3) is 11.2 Å². The molecular weight excluding hydrogens is 382 g/mol. The lowest BCUT2D eigenvalue weighted by Gasteiger charge is -2.09. The number of nitro benzene ring substituents is 1. The number of H-pyrrole nitrogens is 1. The highest BCUT2D eigenvalue weighted by Gasteiger charge is 2.12. The molecule has 0 fully saturated rings. The van der Waals surface area contributed by atoms with Gasteiger partial charge in [-0.05, 0) is 43.9 Å². The van der Waals surface area contributed by atoms with Crippen LogP contribution >= 0.6 is 0 Å². The number of nitro groups is 1. The summed E-state index contributed by atoms with van der Waals surface area (Å²) in [6.45, 7) is 3.75. The normalized spacial score (nSPS) is 10.7. The largest absolute Gasteiger partial charge is 0.326 e. The third-order valence-corrected chi connectivity index (χ3v) is 5.08. The van der Waals surface area contributed by atoms with Crippen molar-refractivity contribution in [3.8, 4) is 11.1 Å². The second-order valence-corrected chi connectivity index (χ2v) is 7.18. The number of hydrogen-bond acceptors (Lipinski definition) is 5. The van der Waals surface area contributed by atoms with Crippen molar-refractivity contribution in [3.63, 3.8) is 0 Å². The number of rotatable bonds is 8. The van der Waals surface area contributed by atoms with Crippen LogP contribution in [0.2, 0.25) is 0 Å². The molecule has 0 saturated carbocycles. The molecule has 0 unspecified atom stereocenters. The molecule has 2 aromatic heterocycles. The molecule has 7 nitrogen and oxygen atoms in total. The SMILES string of the molecule is CCc1cc(-c2cncc(C(=O)CCCc3ccc([N+](=O)[O-])cc3)c2)c(C)[nH]c1=O. The van der Waals surface area contributed by atoms with Crippen LogP contribution in [0.3, 0.4) is 0 Å². The molecule has 0 aliphatic rings. The number of benzene rings is 1. The van der Waals surface area contributed by atoms with Gasteiger partial charge >= 0.3 is 0 Å². The number of non-ortho nitro benzene ring substituents is 1. The van der Waals surface area contributed by atoms with E-state index in [0.29, 0.717) is 36.8 Å². The number of aryl methyl sites for hydroxylation is 3. The summed E-state index contributed by atoms with van der Waals surface area (Å²) in [5.74, 6) is -0.0101. The number of aromatic nitrogens is 2. The Morgan fingerprint density at radius 2 is 1.90 bits per heavy atom. The van der Waals surface area contributed by atoms with Crippen molar-refractivity contribution in [1.29, 1.82) is 0 Å². The molecule has 0 spiro atoms. The van der Waals surface area contributed by atoms with Crippen LogP contribution < -0.4 is 5.56 Å². The van der Waals surface area contributed by atoms with Gasteiger partial charge in [0, 0.05) is 58.9 Å². The second kappa shape index (κ2) is 9.26. The maximum absolute atomic E-state index is 12.6. The van der Waals surface area contributed by atoms with E-state index in [1.54, 1.807) is 30.6 Å². The first-order valence-corrected chi connectivity index (χ1v) is 9.83. The number of pyridine rings is 2. The fourth-order valence-electron chi connectivity index (χ4n) is 3.35. The van der Waals surface area contributed by atoms with Crippen molar-refractivity contribution in [3.05, 3.63) is 91.6 Å². The van der Waals surface area contributed by atoms with Crippen molar-refractivity contribution < 1.29 is 9.72 Å². The Hall–Kier alpha value is -3.61. The molecule has 154 valence electrons. The van der Waals surface area contributed by atoms with E-state index in [4.69, 9.17) is 0 Å². The Morgan fingerprint density at radius 3 is 2.57 bits per heavy atom. The summed E-state index contributed by atoms with van der Waals surface area (Å²) in [4.78, 5) is 42.0. The Morgan fingerprint density at radius 1 is 1.17 bits per heavy atom. The second-order valence-electron chi connectivity index (χ2n) is 7.18. The highest BCUT2D eigenvalue weighted by Crippen LogP contribution is 2.23. The van der Waals surface area contributed by atoms with Crippen LogP contribution in [-0.4, -0.2) is 20.7 Å². The summed E-state index contributed by atoms with van der Waals surface area (Å²) in [5.41, 5.74) is 4.53. The zero-order chi connectivity index (χ0) is 21.7. The summed E-state index contributed by atoms with van der Waals surface area (Å²) in [6, 6.07) is 10.0. The van der Waals surface area contributed by atoms with Crippen LogP contribution in [0.5, 0.6) is 0 Å². The van der Waals surface area contributed by atoms with Gasteiger partial charge in [-0.3, -0.25) is 24.7 Å². The minimum atomic E-state index is -0.430. The van der Waals surface area contributed by atoms with Gasteiger partial charge < -0.3 is 4.98 Å². The summed E-state index contributed by atoms with van der Waals surface area (Å²) >= 11 is 0.